The number of thiophene rings is 1. The Labute approximate surface area is 142 Å². The smallest absolute Gasteiger partial charge is 0.263 e. The van der Waals surface area contributed by atoms with Crippen LogP contribution in [0.5, 0.6) is 0 Å². The fourth-order valence-electron chi connectivity index (χ4n) is 4.02. The van der Waals surface area contributed by atoms with E-state index in [0.717, 1.165) is 57.0 Å². The molecule has 0 N–H and O–H groups in total. The zero-order valence-electron chi connectivity index (χ0n) is 13.8. The van der Waals surface area contributed by atoms with Gasteiger partial charge in [0, 0.05) is 37.7 Å². The van der Waals surface area contributed by atoms with E-state index in [-0.39, 0.29) is 5.91 Å². The first-order valence-corrected chi connectivity index (χ1v) is 9.86. The quantitative estimate of drug-likeness (QED) is 0.852. The highest BCUT2D eigenvalue weighted by Gasteiger charge is 2.26. The van der Waals surface area contributed by atoms with Gasteiger partial charge in [-0.05, 0) is 56.7 Å². The van der Waals surface area contributed by atoms with E-state index in [1.807, 2.05) is 0 Å². The lowest BCUT2D eigenvalue weighted by Gasteiger charge is -2.23. The number of amides is 1. The number of ether oxygens (including phenoxy) is 1. The molecule has 1 amide bonds. The monoisotopic (exact) mass is 334 g/mol. The van der Waals surface area contributed by atoms with E-state index in [4.69, 9.17) is 4.74 Å². The Bertz CT molecular complexity index is 544. The predicted molar refractivity (Wildman–Crippen MR) is 92.3 cm³/mol. The molecule has 4 rings (SSSR count). The summed E-state index contributed by atoms with van der Waals surface area (Å²) in [6.07, 6.45) is 7.47. The van der Waals surface area contributed by atoms with Gasteiger partial charge in [-0.25, -0.2) is 0 Å². The van der Waals surface area contributed by atoms with Gasteiger partial charge in [-0.2, -0.15) is 0 Å². The topological polar surface area (TPSA) is 32.8 Å². The number of hydrogen-bond donors (Lipinski definition) is 0. The van der Waals surface area contributed by atoms with Gasteiger partial charge in [-0.3, -0.25) is 9.69 Å². The normalized spacial score (nSPS) is 25.6. The highest BCUT2D eigenvalue weighted by molar-refractivity contribution is 7.14. The van der Waals surface area contributed by atoms with E-state index < -0.39 is 0 Å². The standard InChI is InChI=1S/C18H26N2O2S/c21-18(17-12-14-4-1-6-16(14)23-17)20-8-3-7-19(9-10-20)13-15-5-2-11-22-15/h12,15H,1-11,13H2. The Balaban J connectivity index is 1.35. The third-order valence-corrected chi connectivity index (χ3v) is 6.54. The summed E-state index contributed by atoms with van der Waals surface area (Å²) in [6.45, 7) is 5.78. The first kappa shape index (κ1) is 15.6. The van der Waals surface area contributed by atoms with Gasteiger partial charge in [0.1, 0.15) is 0 Å². The molecule has 126 valence electrons. The third kappa shape index (κ3) is 3.47. The maximum Gasteiger partial charge on any atom is 0.263 e. The van der Waals surface area contributed by atoms with Crippen molar-refractivity contribution in [1.29, 1.82) is 0 Å². The number of nitrogens with zero attached hydrogens (tertiary/aromatic N) is 2. The number of fused-ring (bicyclic) bond motifs is 1. The minimum absolute atomic E-state index is 0.253. The summed E-state index contributed by atoms with van der Waals surface area (Å²) in [5.41, 5.74) is 1.42. The molecule has 1 aliphatic carbocycles. The van der Waals surface area contributed by atoms with Crippen molar-refractivity contribution >= 4 is 17.2 Å². The van der Waals surface area contributed by atoms with E-state index in [2.05, 4.69) is 15.9 Å². The van der Waals surface area contributed by atoms with Crippen molar-refractivity contribution in [2.45, 2.75) is 44.6 Å². The van der Waals surface area contributed by atoms with E-state index >= 15 is 0 Å². The number of rotatable bonds is 3. The van der Waals surface area contributed by atoms with Crippen LogP contribution in [0.15, 0.2) is 6.07 Å². The molecule has 1 unspecified atom stereocenters. The SMILES string of the molecule is O=C(c1cc2c(s1)CCC2)N1CCCN(CC2CCCO2)CC1. The van der Waals surface area contributed by atoms with E-state index in [1.165, 1.54) is 36.1 Å². The second-order valence-corrected chi connectivity index (χ2v) is 8.13. The van der Waals surface area contributed by atoms with Crippen LogP contribution in [0.1, 0.15) is 45.8 Å². The van der Waals surface area contributed by atoms with Gasteiger partial charge in [-0.15, -0.1) is 11.3 Å². The van der Waals surface area contributed by atoms with Crippen LogP contribution >= 0.6 is 11.3 Å². The van der Waals surface area contributed by atoms with Gasteiger partial charge in [-0.1, -0.05) is 0 Å². The molecule has 23 heavy (non-hydrogen) atoms. The minimum Gasteiger partial charge on any atom is -0.377 e. The largest absolute Gasteiger partial charge is 0.377 e. The van der Waals surface area contributed by atoms with Gasteiger partial charge >= 0.3 is 0 Å². The average molecular weight is 334 g/mol. The average Bonchev–Trinajstić information content (AvgIpc) is 3.22. The van der Waals surface area contributed by atoms with Gasteiger partial charge in [0.05, 0.1) is 11.0 Å². The van der Waals surface area contributed by atoms with E-state index in [9.17, 15) is 4.79 Å². The summed E-state index contributed by atoms with van der Waals surface area (Å²) in [4.78, 5) is 19.8. The first-order valence-electron chi connectivity index (χ1n) is 9.04. The lowest BCUT2D eigenvalue weighted by atomic mass is 10.2. The molecular formula is C18H26N2O2S. The zero-order chi connectivity index (χ0) is 15.6. The second kappa shape index (κ2) is 6.91. The Hall–Kier alpha value is -0.910. The Morgan fingerprint density at radius 1 is 1.17 bits per heavy atom. The molecule has 2 aliphatic heterocycles. The van der Waals surface area contributed by atoms with E-state index in [0.29, 0.717) is 6.10 Å². The van der Waals surface area contributed by atoms with Crippen molar-refractivity contribution in [2.75, 3.05) is 39.3 Å². The van der Waals surface area contributed by atoms with Crippen LogP contribution in [0.2, 0.25) is 0 Å². The molecule has 4 nitrogen and oxygen atoms in total. The van der Waals surface area contributed by atoms with Gasteiger partial charge in [0.25, 0.3) is 5.91 Å². The fourth-order valence-corrected chi connectivity index (χ4v) is 5.24. The summed E-state index contributed by atoms with van der Waals surface area (Å²) in [5.74, 6) is 0.253. The van der Waals surface area contributed by atoms with Crippen molar-refractivity contribution in [3.63, 3.8) is 0 Å². The minimum atomic E-state index is 0.253. The van der Waals surface area contributed by atoms with Gasteiger partial charge in [0.15, 0.2) is 0 Å². The molecule has 0 saturated carbocycles. The van der Waals surface area contributed by atoms with Crippen molar-refractivity contribution < 1.29 is 9.53 Å². The zero-order valence-corrected chi connectivity index (χ0v) is 14.6. The highest BCUT2D eigenvalue weighted by atomic mass is 32.1. The molecule has 5 heteroatoms. The molecule has 3 heterocycles. The summed E-state index contributed by atoms with van der Waals surface area (Å²) in [5, 5.41) is 0. The fraction of sp³-hybridized carbons (Fsp3) is 0.722. The Morgan fingerprint density at radius 2 is 2.13 bits per heavy atom. The first-order chi connectivity index (χ1) is 11.3. The van der Waals surface area contributed by atoms with Crippen molar-refractivity contribution in [2.24, 2.45) is 0 Å². The van der Waals surface area contributed by atoms with Crippen LogP contribution in [0.25, 0.3) is 0 Å². The van der Waals surface area contributed by atoms with Crippen LogP contribution in [0.4, 0.5) is 0 Å². The molecular weight excluding hydrogens is 308 g/mol. The van der Waals surface area contributed by atoms with Crippen LogP contribution in [-0.4, -0.2) is 61.1 Å². The van der Waals surface area contributed by atoms with Crippen molar-refractivity contribution in [1.82, 2.24) is 9.80 Å². The lowest BCUT2D eigenvalue weighted by molar-refractivity contribution is 0.0706. The van der Waals surface area contributed by atoms with Gasteiger partial charge in [0.2, 0.25) is 0 Å². The summed E-state index contributed by atoms with van der Waals surface area (Å²) in [7, 11) is 0. The summed E-state index contributed by atoms with van der Waals surface area (Å²) in [6, 6.07) is 2.16. The molecule has 3 aliphatic rings. The van der Waals surface area contributed by atoms with Crippen LogP contribution < -0.4 is 0 Å². The molecule has 1 aromatic rings. The summed E-state index contributed by atoms with van der Waals surface area (Å²) >= 11 is 1.73. The van der Waals surface area contributed by atoms with E-state index in [1.54, 1.807) is 11.3 Å². The van der Waals surface area contributed by atoms with Crippen molar-refractivity contribution in [3.05, 3.63) is 21.4 Å². The maximum absolute atomic E-state index is 12.8. The van der Waals surface area contributed by atoms with Crippen LogP contribution in [-0.2, 0) is 17.6 Å². The van der Waals surface area contributed by atoms with Crippen LogP contribution in [0, 0.1) is 0 Å². The Kier molecular flexibility index (Phi) is 4.69. The molecule has 2 fully saturated rings. The second-order valence-electron chi connectivity index (χ2n) is 6.99. The van der Waals surface area contributed by atoms with Gasteiger partial charge < -0.3 is 9.64 Å². The number of aryl methyl sites for hydroxylation is 2. The molecule has 0 radical (unpaired) electrons. The third-order valence-electron chi connectivity index (χ3n) is 5.32. The molecule has 1 aromatic heterocycles. The lowest BCUT2D eigenvalue weighted by Crippen LogP contribution is -2.37. The molecule has 0 bridgehead atoms. The molecule has 2 saturated heterocycles. The number of carbonyl (C=O) groups excluding carboxylic acids is 1. The highest BCUT2D eigenvalue weighted by Crippen LogP contribution is 2.31. The van der Waals surface area contributed by atoms with Crippen molar-refractivity contribution in [3.8, 4) is 0 Å². The number of carbonyl (C=O) groups is 1. The summed E-state index contributed by atoms with van der Waals surface area (Å²) < 4.78 is 5.75. The van der Waals surface area contributed by atoms with Crippen LogP contribution in [0.3, 0.4) is 0 Å². The molecule has 1 atom stereocenters. The predicted octanol–water partition coefficient (Wildman–Crippen LogP) is 2.56. The maximum atomic E-state index is 12.8. The number of hydrogen-bond acceptors (Lipinski definition) is 4. The molecule has 0 spiro atoms. The molecule has 0 aromatic carbocycles. The Morgan fingerprint density at radius 3 is 2.96 bits per heavy atom.